The van der Waals surface area contributed by atoms with E-state index in [4.69, 9.17) is 4.42 Å². The molecule has 0 fully saturated rings. The molecule has 16 heavy (non-hydrogen) atoms. The Morgan fingerprint density at radius 3 is 2.62 bits per heavy atom. The molecule has 0 aliphatic heterocycles. The van der Waals surface area contributed by atoms with Crippen molar-refractivity contribution in [3.8, 4) is 22.1 Å². The number of nitrogens with zero attached hydrogens (tertiary/aromatic N) is 1. The van der Waals surface area contributed by atoms with Crippen molar-refractivity contribution < 1.29 is 4.42 Å². The lowest BCUT2D eigenvalue weighted by Gasteiger charge is -1.93. The minimum Gasteiger partial charge on any atom is -0.435 e. The molecule has 0 saturated carbocycles. The van der Waals surface area contributed by atoms with E-state index in [0.717, 1.165) is 16.2 Å². The zero-order chi connectivity index (χ0) is 10.8. The summed E-state index contributed by atoms with van der Waals surface area (Å²) in [5.74, 6) is 1.50. The van der Waals surface area contributed by atoms with E-state index in [-0.39, 0.29) is 0 Å². The van der Waals surface area contributed by atoms with E-state index in [9.17, 15) is 0 Å². The summed E-state index contributed by atoms with van der Waals surface area (Å²) < 4.78 is 5.71. The first-order chi connectivity index (χ1) is 7.93. The normalized spacial score (nSPS) is 10.5. The van der Waals surface area contributed by atoms with E-state index in [1.165, 1.54) is 0 Å². The molecule has 0 amide bonds. The third-order valence-electron chi connectivity index (χ3n) is 2.29. The summed E-state index contributed by atoms with van der Waals surface area (Å²) in [6, 6.07) is 13.9. The Morgan fingerprint density at radius 2 is 1.88 bits per heavy atom. The predicted molar refractivity (Wildman–Crippen MR) is 65.3 cm³/mol. The van der Waals surface area contributed by atoms with Crippen LogP contribution in [0.3, 0.4) is 0 Å². The Balaban J connectivity index is 2.00. The molecule has 3 heteroatoms. The van der Waals surface area contributed by atoms with Crippen LogP contribution < -0.4 is 0 Å². The molecule has 0 saturated heterocycles. The first kappa shape index (κ1) is 9.36. The van der Waals surface area contributed by atoms with Gasteiger partial charge in [0.2, 0.25) is 5.89 Å². The number of benzene rings is 1. The molecule has 2 nitrogen and oxygen atoms in total. The molecule has 1 aromatic carbocycles. The Morgan fingerprint density at radius 1 is 1.00 bits per heavy atom. The highest BCUT2D eigenvalue weighted by molar-refractivity contribution is 7.13. The fourth-order valence-corrected chi connectivity index (χ4v) is 2.19. The van der Waals surface area contributed by atoms with Crippen LogP contribution in [0.15, 0.2) is 58.5 Å². The van der Waals surface area contributed by atoms with Crippen LogP contribution in [0.4, 0.5) is 0 Å². The summed E-state index contributed by atoms with van der Waals surface area (Å²) in [5, 5.41) is 2.03. The fourth-order valence-electron chi connectivity index (χ4n) is 1.52. The number of hydrogen-bond acceptors (Lipinski definition) is 3. The van der Waals surface area contributed by atoms with Gasteiger partial charge in [-0.05, 0) is 23.6 Å². The van der Waals surface area contributed by atoms with Gasteiger partial charge in [0.05, 0.1) is 11.1 Å². The quantitative estimate of drug-likeness (QED) is 0.659. The van der Waals surface area contributed by atoms with Crippen molar-refractivity contribution >= 4 is 11.3 Å². The van der Waals surface area contributed by atoms with Gasteiger partial charge in [-0.3, -0.25) is 0 Å². The second-order valence-corrected chi connectivity index (χ2v) is 4.32. The fraction of sp³-hybridized carbons (Fsp3) is 0. The van der Waals surface area contributed by atoms with E-state index in [2.05, 4.69) is 4.98 Å². The average molecular weight is 227 g/mol. The van der Waals surface area contributed by atoms with Crippen LogP contribution in [0.2, 0.25) is 0 Å². The molecule has 2 heterocycles. The van der Waals surface area contributed by atoms with E-state index >= 15 is 0 Å². The van der Waals surface area contributed by atoms with Crippen molar-refractivity contribution in [2.45, 2.75) is 0 Å². The molecule has 0 aliphatic carbocycles. The maximum absolute atomic E-state index is 5.71. The molecule has 3 aromatic rings. The Hall–Kier alpha value is -1.87. The summed E-state index contributed by atoms with van der Waals surface area (Å²) in [5.41, 5.74) is 1.00. The standard InChI is InChI=1S/C13H9NOS/c1-2-5-10(6-3-1)13-14-9-11(15-13)12-7-4-8-16-12/h1-9H. The van der Waals surface area contributed by atoms with Gasteiger partial charge < -0.3 is 4.42 Å². The van der Waals surface area contributed by atoms with Crippen molar-refractivity contribution in [2.75, 3.05) is 0 Å². The molecule has 0 atom stereocenters. The van der Waals surface area contributed by atoms with E-state index in [1.807, 2.05) is 47.8 Å². The average Bonchev–Trinajstić information content (AvgIpc) is 3.01. The van der Waals surface area contributed by atoms with Gasteiger partial charge in [-0.15, -0.1) is 11.3 Å². The maximum atomic E-state index is 5.71. The lowest BCUT2D eigenvalue weighted by atomic mass is 10.2. The van der Waals surface area contributed by atoms with Crippen LogP contribution in [0.5, 0.6) is 0 Å². The van der Waals surface area contributed by atoms with Crippen LogP contribution in [0, 0.1) is 0 Å². The number of aromatic nitrogens is 1. The highest BCUT2D eigenvalue weighted by Gasteiger charge is 2.08. The molecule has 0 aliphatic rings. The maximum Gasteiger partial charge on any atom is 0.226 e. The topological polar surface area (TPSA) is 26.0 Å². The number of thiophene rings is 1. The third-order valence-corrected chi connectivity index (χ3v) is 3.17. The van der Waals surface area contributed by atoms with Gasteiger partial charge in [0, 0.05) is 5.56 Å². The minimum atomic E-state index is 0.670. The zero-order valence-corrected chi connectivity index (χ0v) is 9.28. The molecule has 0 spiro atoms. The molecule has 78 valence electrons. The van der Waals surface area contributed by atoms with Crippen molar-refractivity contribution in [1.29, 1.82) is 0 Å². The van der Waals surface area contributed by atoms with Gasteiger partial charge in [0.15, 0.2) is 5.76 Å². The van der Waals surface area contributed by atoms with Crippen LogP contribution in [0.1, 0.15) is 0 Å². The number of oxazole rings is 1. The van der Waals surface area contributed by atoms with Gasteiger partial charge in [-0.1, -0.05) is 24.3 Å². The second kappa shape index (κ2) is 3.94. The SMILES string of the molecule is c1ccc(-c2ncc(-c3cccs3)o2)cc1. The molecular weight excluding hydrogens is 218 g/mol. The van der Waals surface area contributed by atoms with Crippen molar-refractivity contribution in [3.63, 3.8) is 0 Å². The van der Waals surface area contributed by atoms with Crippen LogP contribution in [-0.4, -0.2) is 4.98 Å². The summed E-state index contributed by atoms with van der Waals surface area (Å²) in [6.07, 6.45) is 1.77. The van der Waals surface area contributed by atoms with Crippen LogP contribution in [0.25, 0.3) is 22.1 Å². The monoisotopic (exact) mass is 227 g/mol. The Kier molecular flexibility index (Phi) is 2.31. The Labute approximate surface area is 97.2 Å². The van der Waals surface area contributed by atoms with Crippen molar-refractivity contribution in [2.24, 2.45) is 0 Å². The highest BCUT2D eigenvalue weighted by Crippen LogP contribution is 2.28. The first-order valence-corrected chi connectivity index (χ1v) is 5.86. The molecule has 3 rings (SSSR count). The molecule has 2 aromatic heterocycles. The smallest absolute Gasteiger partial charge is 0.226 e. The van der Waals surface area contributed by atoms with Gasteiger partial charge in [0.25, 0.3) is 0 Å². The largest absolute Gasteiger partial charge is 0.435 e. The van der Waals surface area contributed by atoms with Gasteiger partial charge in [0.1, 0.15) is 0 Å². The summed E-state index contributed by atoms with van der Waals surface area (Å²) in [7, 11) is 0. The molecule has 0 unspecified atom stereocenters. The molecule has 0 N–H and O–H groups in total. The van der Waals surface area contributed by atoms with E-state index < -0.39 is 0 Å². The summed E-state index contributed by atoms with van der Waals surface area (Å²) in [6.45, 7) is 0. The molecule has 0 bridgehead atoms. The zero-order valence-electron chi connectivity index (χ0n) is 8.46. The van der Waals surface area contributed by atoms with Crippen molar-refractivity contribution in [1.82, 2.24) is 4.98 Å². The summed E-state index contributed by atoms with van der Waals surface area (Å²) in [4.78, 5) is 5.39. The number of hydrogen-bond donors (Lipinski definition) is 0. The lowest BCUT2D eigenvalue weighted by molar-refractivity contribution is 0.590. The molecular formula is C13H9NOS. The summed E-state index contributed by atoms with van der Waals surface area (Å²) >= 11 is 1.65. The lowest BCUT2D eigenvalue weighted by Crippen LogP contribution is -1.73. The Bertz CT molecular complexity index is 569. The number of rotatable bonds is 2. The van der Waals surface area contributed by atoms with E-state index in [0.29, 0.717) is 5.89 Å². The van der Waals surface area contributed by atoms with Crippen LogP contribution >= 0.6 is 11.3 Å². The van der Waals surface area contributed by atoms with Crippen LogP contribution in [-0.2, 0) is 0 Å². The van der Waals surface area contributed by atoms with Gasteiger partial charge in [-0.25, -0.2) is 4.98 Å². The minimum absolute atomic E-state index is 0.670. The van der Waals surface area contributed by atoms with Crippen molar-refractivity contribution in [3.05, 3.63) is 54.0 Å². The second-order valence-electron chi connectivity index (χ2n) is 3.37. The van der Waals surface area contributed by atoms with Gasteiger partial charge in [-0.2, -0.15) is 0 Å². The highest BCUT2D eigenvalue weighted by atomic mass is 32.1. The third kappa shape index (κ3) is 1.66. The predicted octanol–water partition coefficient (Wildman–Crippen LogP) is 4.07. The first-order valence-electron chi connectivity index (χ1n) is 4.98. The molecule has 0 radical (unpaired) electrons. The van der Waals surface area contributed by atoms with Gasteiger partial charge >= 0.3 is 0 Å². The van der Waals surface area contributed by atoms with E-state index in [1.54, 1.807) is 17.5 Å².